The number of hydrogen-bond donors (Lipinski definition) is 0. The fourth-order valence-electron chi connectivity index (χ4n) is 4.03. The molecule has 9 heteroatoms. The van der Waals surface area contributed by atoms with Crippen molar-refractivity contribution in [1.29, 1.82) is 0 Å². The summed E-state index contributed by atoms with van der Waals surface area (Å²) in [5, 5.41) is 0. The van der Waals surface area contributed by atoms with Crippen LogP contribution in [0.25, 0.3) is 0 Å². The second kappa shape index (κ2) is 17.9. The summed E-state index contributed by atoms with van der Waals surface area (Å²) in [4.78, 5) is 48.1. The molecule has 0 N–H and O–H groups in total. The van der Waals surface area contributed by atoms with E-state index in [0.717, 1.165) is 37.0 Å². The van der Waals surface area contributed by atoms with Gasteiger partial charge in [0.1, 0.15) is 23.0 Å². The monoisotopic (exact) mass is 628 g/mol. The Hall–Kier alpha value is -5.18. The first-order valence-electron chi connectivity index (χ1n) is 15.1. The van der Waals surface area contributed by atoms with Crippen molar-refractivity contribution in [3.63, 3.8) is 0 Å². The largest absolute Gasteiger partial charge is 0.494 e. The number of ether oxygens (including phenoxy) is 5. The van der Waals surface area contributed by atoms with Gasteiger partial charge in [-0.1, -0.05) is 25.3 Å². The molecule has 242 valence electrons. The van der Waals surface area contributed by atoms with E-state index >= 15 is 0 Å². The van der Waals surface area contributed by atoms with Crippen molar-refractivity contribution in [3.8, 4) is 23.0 Å². The Balaban J connectivity index is 1.36. The van der Waals surface area contributed by atoms with E-state index in [1.165, 1.54) is 24.3 Å². The molecule has 46 heavy (non-hydrogen) atoms. The van der Waals surface area contributed by atoms with Crippen molar-refractivity contribution in [2.75, 3.05) is 13.2 Å². The SMILES string of the molecule is C=C(C)C(=O)OCCCCCCOc1ccc(CCC(=O)Oc2ccc(OC(=O)c3ccc(OC(=O)C(=C)C)cc3)cc2C)cc1. The van der Waals surface area contributed by atoms with E-state index in [4.69, 9.17) is 23.7 Å². The van der Waals surface area contributed by atoms with Crippen LogP contribution in [0.3, 0.4) is 0 Å². The predicted molar refractivity (Wildman–Crippen MR) is 173 cm³/mol. The molecule has 0 unspecified atom stereocenters. The first-order valence-corrected chi connectivity index (χ1v) is 15.1. The zero-order chi connectivity index (χ0) is 33.5. The molecule has 0 bridgehead atoms. The van der Waals surface area contributed by atoms with Gasteiger partial charge in [-0.25, -0.2) is 14.4 Å². The first kappa shape index (κ1) is 35.3. The van der Waals surface area contributed by atoms with E-state index in [-0.39, 0.29) is 35.2 Å². The standard InChI is InChI=1S/C37H40O9/c1-25(2)35(39)43-23-9-7-6-8-22-42-30-15-10-28(11-16-30)12-21-34(38)46-33-20-19-32(24-27(33)5)45-37(41)29-13-17-31(18-14-29)44-36(40)26(3)4/h10-11,13-20,24H,1,3,6-9,12,21-23H2,2,4-5H3. The Morgan fingerprint density at radius 2 is 1.26 bits per heavy atom. The highest BCUT2D eigenvalue weighted by molar-refractivity contribution is 5.92. The fourth-order valence-corrected chi connectivity index (χ4v) is 4.03. The molecule has 3 aromatic carbocycles. The Labute approximate surface area is 269 Å². The number of aryl methyl sites for hydroxylation is 2. The van der Waals surface area contributed by atoms with Crippen molar-refractivity contribution >= 4 is 23.9 Å². The second-order valence-electron chi connectivity index (χ2n) is 10.8. The molecule has 0 aliphatic rings. The van der Waals surface area contributed by atoms with Crippen molar-refractivity contribution < 1.29 is 42.9 Å². The van der Waals surface area contributed by atoms with Gasteiger partial charge in [0.25, 0.3) is 0 Å². The Morgan fingerprint density at radius 3 is 1.89 bits per heavy atom. The minimum absolute atomic E-state index is 0.190. The van der Waals surface area contributed by atoms with Crippen LogP contribution in [0.2, 0.25) is 0 Å². The van der Waals surface area contributed by atoms with Gasteiger partial charge in [-0.15, -0.1) is 0 Å². The first-order chi connectivity index (χ1) is 22.0. The van der Waals surface area contributed by atoms with Gasteiger partial charge in [-0.2, -0.15) is 0 Å². The summed E-state index contributed by atoms with van der Waals surface area (Å²) in [6.07, 6.45) is 4.34. The van der Waals surface area contributed by atoms with Crippen molar-refractivity contribution in [1.82, 2.24) is 0 Å². The summed E-state index contributed by atoms with van der Waals surface area (Å²) >= 11 is 0. The molecule has 3 aromatic rings. The average molecular weight is 629 g/mol. The number of benzene rings is 3. The molecule has 0 saturated heterocycles. The Kier molecular flexibility index (Phi) is 13.8. The molecule has 0 amide bonds. The van der Waals surface area contributed by atoms with E-state index < -0.39 is 11.9 Å². The van der Waals surface area contributed by atoms with Gasteiger partial charge in [0.05, 0.1) is 18.8 Å². The predicted octanol–water partition coefficient (Wildman–Crippen LogP) is 7.29. The van der Waals surface area contributed by atoms with Crippen LogP contribution in [0.4, 0.5) is 0 Å². The number of unbranched alkanes of at least 4 members (excludes halogenated alkanes) is 3. The van der Waals surface area contributed by atoms with Gasteiger partial charge in [-0.05, 0) is 119 Å². The molecular weight excluding hydrogens is 588 g/mol. The van der Waals surface area contributed by atoms with Crippen molar-refractivity contribution in [2.45, 2.75) is 59.3 Å². The van der Waals surface area contributed by atoms with Crippen LogP contribution in [-0.4, -0.2) is 37.1 Å². The van der Waals surface area contributed by atoms with Crippen molar-refractivity contribution in [3.05, 3.63) is 108 Å². The van der Waals surface area contributed by atoms with Crippen LogP contribution in [0.1, 0.15) is 67.4 Å². The van der Waals surface area contributed by atoms with E-state index in [1.807, 2.05) is 24.3 Å². The van der Waals surface area contributed by atoms with Gasteiger partial charge < -0.3 is 23.7 Å². The summed E-state index contributed by atoms with van der Waals surface area (Å²) in [5.41, 5.74) is 2.56. The molecule has 0 radical (unpaired) electrons. The summed E-state index contributed by atoms with van der Waals surface area (Å²) in [6, 6.07) is 18.3. The zero-order valence-corrected chi connectivity index (χ0v) is 26.6. The lowest BCUT2D eigenvalue weighted by Crippen LogP contribution is -2.11. The van der Waals surface area contributed by atoms with Crippen LogP contribution >= 0.6 is 0 Å². The topological polar surface area (TPSA) is 114 Å². The highest BCUT2D eigenvalue weighted by Crippen LogP contribution is 2.25. The summed E-state index contributed by atoms with van der Waals surface area (Å²) in [5.74, 6) is -0.144. The third-order valence-corrected chi connectivity index (χ3v) is 6.66. The van der Waals surface area contributed by atoms with Gasteiger partial charge in [0.2, 0.25) is 0 Å². The van der Waals surface area contributed by atoms with Crippen LogP contribution < -0.4 is 18.9 Å². The molecule has 0 atom stereocenters. The highest BCUT2D eigenvalue weighted by Gasteiger charge is 2.13. The number of esters is 4. The third-order valence-electron chi connectivity index (χ3n) is 6.66. The summed E-state index contributed by atoms with van der Waals surface area (Å²) in [7, 11) is 0. The zero-order valence-electron chi connectivity index (χ0n) is 26.6. The van der Waals surface area contributed by atoms with E-state index in [1.54, 1.807) is 39.0 Å². The smallest absolute Gasteiger partial charge is 0.343 e. The molecule has 9 nitrogen and oxygen atoms in total. The van der Waals surface area contributed by atoms with E-state index in [9.17, 15) is 19.2 Å². The molecule has 3 rings (SSSR count). The normalized spacial score (nSPS) is 10.4. The number of hydrogen-bond acceptors (Lipinski definition) is 9. The molecular formula is C37H40O9. The number of carbonyl (C=O) groups is 4. The van der Waals surface area contributed by atoms with Gasteiger partial charge in [-0.3, -0.25) is 4.79 Å². The van der Waals surface area contributed by atoms with E-state index in [0.29, 0.717) is 42.3 Å². The summed E-state index contributed by atoms with van der Waals surface area (Å²) in [6.45, 7) is 13.0. The lowest BCUT2D eigenvalue weighted by Gasteiger charge is -2.11. The Morgan fingerprint density at radius 1 is 0.652 bits per heavy atom. The van der Waals surface area contributed by atoms with Gasteiger partial charge in [0.15, 0.2) is 0 Å². The molecule has 0 spiro atoms. The van der Waals surface area contributed by atoms with Crippen LogP contribution in [0.5, 0.6) is 23.0 Å². The van der Waals surface area contributed by atoms with Crippen LogP contribution in [0, 0.1) is 6.92 Å². The van der Waals surface area contributed by atoms with E-state index in [2.05, 4.69) is 13.2 Å². The lowest BCUT2D eigenvalue weighted by molar-refractivity contribution is -0.139. The maximum absolute atomic E-state index is 12.6. The quantitative estimate of drug-likeness (QED) is 0.0658. The van der Waals surface area contributed by atoms with Crippen molar-refractivity contribution in [2.24, 2.45) is 0 Å². The maximum atomic E-state index is 12.6. The molecule has 0 aliphatic heterocycles. The minimum Gasteiger partial charge on any atom is -0.494 e. The highest BCUT2D eigenvalue weighted by atomic mass is 16.5. The van der Waals surface area contributed by atoms with Crippen LogP contribution in [-0.2, 0) is 25.5 Å². The molecule has 0 fully saturated rings. The van der Waals surface area contributed by atoms with Crippen LogP contribution in [0.15, 0.2) is 91.0 Å². The fraction of sp³-hybridized carbons (Fsp3) is 0.297. The summed E-state index contributed by atoms with van der Waals surface area (Å²) < 4.78 is 27.0. The number of rotatable bonds is 17. The Bertz CT molecular complexity index is 1540. The molecule has 0 aliphatic carbocycles. The van der Waals surface area contributed by atoms with Gasteiger partial charge >= 0.3 is 23.9 Å². The lowest BCUT2D eigenvalue weighted by atomic mass is 10.1. The number of carbonyl (C=O) groups excluding carboxylic acids is 4. The van der Waals surface area contributed by atoms with Gasteiger partial charge in [0, 0.05) is 17.6 Å². The maximum Gasteiger partial charge on any atom is 0.343 e. The average Bonchev–Trinajstić information content (AvgIpc) is 3.03. The molecule has 0 saturated carbocycles. The minimum atomic E-state index is -0.589. The molecule has 0 heterocycles. The molecule has 0 aromatic heterocycles. The third kappa shape index (κ3) is 12.1. The second-order valence-corrected chi connectivity index (χ2v) is 10.8.